The van der Waals surface area contributed by atoms with Crippen molar-refractivity contribution in [2.24, 2.45) is 0 Å². The van der Waals surface area contributed by atoms with E-state index in [0.717, 1.165) is 23.8 Å². The van der Waals surface area contributed by atoms with Gasteiger partial charge in [0.25, 0.3) is 0 Å². The number of hydrogen-bond acceptors (Lipinski definition) is 4. The molecule has 6 heteroatoms. The van der Waals surface area contributed by atoms with Crippen molar-refractivity contribution in [1.82, 2.24) is 0 Å². The van der Waals surface area contributed by atoms with Crippen molar-refractivity contribution >= 4 is 10.1 Å². The molecule has 0 atom stereocenters. The zero-order chi connectivity index (χ0) is 16.5. The van der Waals surface area contributed by atoms with Gasteiger partial charge in [0.15, 0.2) is 0 Å². The topological polar surface area (TPSA) is 67.2 Å². The monoisotopic (exact) mass is 319 g/mol. The summed E-state index contributed by atoms with van der Waals surface area (Å²) in [5.74, 6) is -0.530. The summed E-state index contributed by atoms with van der Waals surface area (Å²) in [5, 5.41) is 8.79. The number of nitriles is 1. The van der Waals surface area contributed by atoms with Gasteiger partial charge in [-0.2, -0.15) is 13.7 Å². The molecule has 0 saturated heterocycles. The average Bonchev–Trinajstić information content (AvgIpc) is 2.43. The van der Waals surface area contributed by atoms with Gasteiger partial charge >= 0.3 is 10.1 Å². The lowest BCUT2D eigenvalue weighted by Gasteiger charge is -2.13. The van der Waals surface area contributed by atoms with Crippen LogP contribution in [0.25, 0.3) is 0 Å². The molecule has 0 unspecified atom stereocenters. The largest absolute Gasteiger partial charge is 0.378 e. The number of nitrogens with zero attached hydrogens (tertiary/aromatic N) is 1. The van der Waals surface area contributed by atoms with Crippen LogP contribution < -0.4 is 4.18 Å². The van der Waals surface area contributed by atoms with E-state index >= 15 is 0 Å². The zero-order valence-electron chi connectivity index (χ0n) is 12.3. The van der Waals surface area contributed by atoms with Gasteiger partial charge in [0.1, 0.15) is 22.5 Å². The first kappa shape index (κ1) is 16.0. The van der Waals surface area contributed by atoms with Gasteiger partial charge in [0.2, 0.25) is 0 Å². The van der Waals surface area contributed by atoms with Gasteiger partial charge in [0, 0.05) is 0 Å². The molecule has 0 bridgehead atoms. The molecule has 2 rings (SSSR count). The summed E-state index contributed by atoms with van der Waals surface area (Å²) < 4.78 is 43.1. The van der Waals surface area contributed by atoms with Gasteiger partial charge in [-0.15, -0.1) is 0 Å². The number of hydrogen-bond donors (Lipinski definition) is 0. The fourth-order valence-corrected chi connectivity index (χ4v) is 3.28. The second kappa shape index (κ2) is 5.78. The molecule has 114 valence electrons. The van der Waals surface area contributed by atoms with Crippen LogP contribution in [0.4, 0.5) is 4.39 Å². The van der Waals surface area contributed by atoms with Crippen LogP contribution in [0.5, 0.6) is 5.75 Å². The van der Waals surface area contributed by atoms with Crippen LogP contribution in [-0.2, 0) is 10.1 Å². The molecule has 0 saturated carbocycles. The number of rotatable bonds is 3. The van der Waals surface area contributed by atoms with Gasteiger partial charge in [-0.25, -0.2) is 4.39 Å². The van der Waals surface area contributed by atoms with Crippen molar-refractivity contribution in [3.05, 3.63) is 58.4 Å². The lowest BCUT2D eigenvalue weighted by atomic mass is 10.1. The first-order chi connectivity index (χ1) is 10.2. The summed E-state index contributed by atoms with van der Waals surface area (Å²) >= 11 is 0. The van der Waals surface area contributed by atoms with Gasteiger partial charge in [-0.05, 0) is 50.1 Å². The Hall–Kier alpha value is -2.39. The first-order valence-corrected chi connectivity index (χ1v) is 7.87. The summed E-state index contributed by atoms with van der Waals surface area (Å²) in [6.07, 6.45) is 0. The molecule has 0 heterocycles. The maximum Gasteiger partial charge on any atom is 0.339 e. The number of halogens is 1. The van der Waals surface area contributed by atoms with E-state index in [1.807, 2.05) is 19.1 Å². The van der Waals surface area contributed by atoms with Crippen molar-refractivity contribution < 1.29 is 17.0 Å². The van der Waals surface area contributed by atoms with Crippen molar-refractivity contribution in [2.45, 2.75) is 25.7 Å². The van der Waals surface area contributed by atoms with Crippen molar-refractivity contribution in [3.63, 3.8) is 0 Å². The summed E-state index contributed by atoms with van der Waals surface area (Å²) in [7, 11) is -4.14. The molecule has 0 amide bonds. The van der Waals surface area contributed by atoms with E-state index in [9.17, 15) is 12.8 Å². The number of benzene rings is 2. The standard InChI is InChI=1S/C16H14FNO3S/c1-10-6-11(2)16(12(3)7-10)21-22(19,20)14-4-5-15(17)13(8-14)9-18/h4-8H,1-3H3. The molecule has 0 aromatic heterocycles. The number of aryl methyl sites for hydroxylation is 3. The molecule has 22 heavy (non-hydrogen) atoms. The van der Waals surface area contributed by atoms with Crippen molar-refractivity contribution in [1.29, 1.82) is 5.26 Å². The van der Waals surface area contributed by atoms with Crippen molar-refractivity contribution in [2.75, 3.05) is 0 Å². The van der Waals surface area contributed by atoms with Gasteiger partial charge in [0.05, 0.1) is 5.56 Å². The van der Waals surface area contributed by atoms with Gasteiger partial charge in [-0.3, -0.25) is 0 Å². The lowest BCUT2D eigenvalue weighted by molar-refractivity contribution is 0.482. The zero-order valence-corrected chi connectivity index (χ0v) is 13.2. The van der Waals surface area contributed by atoms with E-state index in [2.05, 4.69) is 0 Å². The molecule has 0 N–H and O–H groups in total. The SMILES string of the molecule is Cc1cc(C)c(OS(=O)(=O)c2ccc(F)c(C#N)c2)c(C)c1. The van der Waals surface area contributed by atoms with E-state index in [1.54, 1.807) is 19.9 Å². The molecular weight excluding hydrogens is 305 g/mol. The lowest BCUT2D eigenvalue weighted by Crippen LogP contribution is -2.12. The highest BCUT2D eigenvalue weighted by atomic mass is 32.2. The van der Waals surface area contributed by atoms with E-state index in [4.69, 9.17) is 9.44 Å². The fraction of sp³-hybridized carbons (Fsp3) is 0.188. The highest BCUT2D eigenvalue weighted by Gasteiger charge is 2.21. The quantitative estimate of drug-likeness (QED) is 0.813. The molecule has 0 fully saturated rings. The maximum absolute atomic E-state index is 13.3. The van der Waals surface area contributed by atoms with Gasteiger partial charge < -0.3 is 4.18 Å². The Kier molecular flexibility index (Phi) is 4.20. The van der Waals surface area contributed by atoms with E-state index in [0.29, 0.717) is 11.1 Å². The summed E-state index contributed by atoms with van der Waals surface area (Å²) in [6, 6.07) is 8.19. The summed E-state index contributed by atoms with van der Waals surface area (Å²) in [6.45, 7) is 5.39. The fourth-order valence-electron chi connectivity index (χ4n) is 2.20. The second-order valence-corrected chi connectivity index (χ2v) is 6.57. The first-order valence-electron chi connectivity index (χ1n) is 6.46. The predicted molar refractivity (Wildman–Crippen MR) is 79.6 cm³/mol. The van der Waals surface area contributed by atoms with E-state index < -0.39 is 15.9 Å². The Labute approximate surface area is 128 Å². The van der Waals surface area contributed by atoms with E-state index in [1.165, 1.54) is 0 Å². The minimum absolute atomic E-state index is 0.244. The molecule has 4 nitrogen and oxygen atoms in total. The maximum atomic E-state index is 13.3. The Morgan fingerprint density at radius 2 is 1.68 bits per heavy atom. The molecule has 2 aromatic carbocycles. The Bertz CT molecular complexity index is 860. The highest BCUT2D eigenvalue weighted by molar-refractivity contribution is 7.87. The van der Waals surface area contributed by atoms with Crippen molar-refractivity contribution in [3.8, 4) is 11.8 Å². The molecule has 0 spiro atoms. The summed E-state index contributed by atoms with van der Waals surface area (Å²) in [5.41, 5.74) is 2.02. The van der Waals surface area contributed by atoms with Crippen LogP contribution in [-0.4, -0.2) is 8.42 Å². The van der Waals surface area contributed by atoms with Crippen LogP contribution in [0.1, 0.15) is 22.3 Å². The predicted octanol–water partition coefficient (Wildman–Crippen LogP) is 3.39. The highest BCUT2D eigenvalue weighted by Crippen LogP contribution is 2.28. The van der Waals surface area contributed by atoms with Crippen LogP contribution in [0.15, 0.2) is 35.2 Å². The second-order valence-electron chi connectivity index (χ2n) is 5.02. The van der Waals surface area contributed by atoms with Crippen LogP contribution in [0.2, 0.25) is 0 Å². The Morgan fingerprint density at radius 1 is 1.09 bits per heavy atom. The average molecular weight is 319 g/mol. The molecular formula is C16H14FNO3S. The molecule has 0 aliphatic carbocycles. The molecule has 0 aliphatic rings. The Balaban J connectivity index is 2.47. The van der Waals surface area contributed by atoms with Gasteiger partial charge in [-0.1, -0.05) is 17.7 Å². The molecule has 2 aromatic rings. The minimum atomic E-state index is -4.14. The van der Waals surface area contributed by atoms with Crippen LogP contribution in [0.3, 0.4) is 0 Å². The molecule has 0 radical (unpaired) electrons. The normalized spacial score (nSPS) is 11.0. The van der Waals surface area contributed by atoms with Crippen LogP contribution >= 0.6 is 0 Å². The molecule has 0 aliphatic heterocycles. The third-order valence-corrected chi connectivity index (χ3v) is 4.36. The van der Waals surface area contributed by atoms with Crippen LogP contribution in [0, 0.1) is 37.9 Å². The third kappa shape index (κ3) is 3.10. The van der Waals surface area contributed by atoms with E-state index in [-0.39, 0.29) is 16.2 Å². The third-order valence-electron chi connectivity index (χ3n) is 3.14. The minimum Gasteiger partial charge on any atom is -0.378 e. The Morgan fingerprint density at radius 3 is 2.23 bits per heavy atom. The smallest absolute Gasteiger partial charge is 0.339 e. The summed E-state index contributed by atoms with van der Waals surface area (Å²) in [4.78, 5) is -0.259.